The Morgan fingerprint density at radius 3 is 2.69 bits per heavy atom. The summed E-state index contributed by atoms with van der Waals surface area (Å²) >= 11 is 0. The zero-order chi connectivity index (χ0) is 20.4. The van der Waals surface area contributed by atoms with E-state index in [1.54, 1.807) is 14.2 Å². The molecule has 8 heteroatoms. The number of likely N-dealkylation sites (N-methyl/N-ethyl adjacent to an activating group) is 1. The zero-order valence-corrected chi connectivity index (χ0v) is 17.8. The van der Waals surface area contributed by atoms with Crippen LogP contribution in [0.25, 0.3) is 0 Å². The molecule has 0 aromatic carbocycles. The maximum atomic E-state index is 13.3. The SMILES string of the molecule is COCCN1C(=O)[C@H]2CN(C)CCN2C12CCN(Cc1cccc(OC)n1)CC2. The second-order valence-electron chi connectivity index (χ2n) is 8.38. The first-order valence-electron chi connectivity index (χ1n) is 10.6. The molecule has 0 bridgehead atoms. The fourth-order valence-electron chi connectivity index (χ4n) is 5.18. The van der Waals surface area contributed by atoms with Crippen LogP contribution in [0.5, 0.6) is 5.88 Å². The molecule has 3 saturated heterocycles. The minimum Gasteiger partial charge on any atom is -0.481 e. The van der Waals surface area contributed by atoms with Crippen molar-refractivity contribution >= 4 is 5.91 Å². The lowest BCUT2D eigenvalue weighted by molar-refractivity contribution is -0.135. The van der Waals surface area contributed by atoms with Gasteiger partial charge in [0.25, 0.3) is 0 Å². The van der Waals surface area contributed by atoms with Crippen molar-refractivity contribution in [2.45, 2.75) is 31.1 Å². The van der Waals surface area contributed by atoms with Gasteiger partial charge in [-0.15, -0.1) is 0 Å². The van der Waals surface area contributed by atoms with Crippen LogP contribution in [-0.2, 0) is 16.1 Å². The standard InChI is InChI=1S/C21H33N5O3/c1-23-11-12-25-18(16-23)20(27)26(13-14-28-2)21(25)7-9-24(10-8-21)15-17-5-4-6-19(22-17)29-3/h4-6,18H,7-16H2,1-3H3/t18-/m1/s1. The van der Waals surface area contributed by atoms with E-state index in [1.165, 1.54) is 0 Å². The molecule has 8 nitrogen and oxygen atoms in total. The lowest BCUT2D eigenvalue weighted by atomic mass is 9.93. The number of fused-ring (bicyclic) bond motifs is 2. The first-order valence-corrected chi connectivity index (χ1v) is 10.6. The Morgan fingerprint density at radius 1 is 1.17 bits per heavy atom. The highest BCUT2D eigenvalue weighted by molar-refractivity contribution is 5.85. The van der Waals surface area contributed by atoms with E-state index >= 15 is 0 Å². The molecule has 0 saturated carbocycles. The van der Waals surface area contributed by atoms with Crippen LogP contribution in [0, 0.1) is 0 Å². The van der Waals surface area contributed by atoms with Gasteiger partial charge in [0.15, 0.2) is 0 Å². The van der Waals surface area contributed by atoms with Gasteiger partial charge >= 0.3 is 0 Å². The molecule has 4 rings (SSSR count). The van der Waals surface area contributed by atoms with Crippen LogP contribution in [0.3, 0.4) is 0 Å². The maximum absolute atomic E-state index is 13.3. The van der Waals surface area contributed by atoms with Crippen LogP contribution in [-0.4, -0.2) is 109 Å². The molecule has 0 N–H and O–H groups in total. The molecule has 160 valence electrons. The van der Waals surface area contributed by atoms with Gasteiger partial charge in [0, 0.05) is 59.0 Å². The van der Waals surface area contributed by atoms with Gasteiger partial charge in [-0.2, -0.15) is 0 Å². The third kappa shape index (κ3) is 3.86. The molecule has 0 radical (unpaired) electrons. The van der Waals surface area contributed by atoms with Gasteiger partial charge in [0.2, 0.25) is 11.8 Å². The molecule has 3 fully saturated rings. The number of rotatable bonds is 6. The van der Waals surface area contributed by atoms with Crippen molar-refractivity contribution in [2.75, 3.05) is 67.1 Å². The molecule has 29 heavy (non-hydrogen) atoms. The average molecular weight is 404 g/mol. The van der Waals surface area contributed by atoms with Crippen LogP contribution in [0.4, 0.5) is 0 Å². The fourth-order valence-corrected chi connectivity index (χ4v) is 5.18. The molecule has 1 atom stereocenters. The number of hydrogen-bond acceptors (Lipinski definition) is 7. The second kappa shape index (κ2) is 8.55. The van der Waals surface area contributed by atoms with Crippen molar-refractivity contribution in [1.29, 1.82) is 0 Å². The predicted octanol–water partition coefficient (Wildman–Crippen LogP) is 0.487. The normalized spacial score (nSPS) is 25.6. The smallest absolute Gasteiger partial charge is 0.242 e. The summed E-state index contributed by atoms with van der Waals surface area (Å²) < 4.78 is 10.6. The van der Waals surface area contributed by atoms with Gasteiger partial charge in [-0.1, -0.05) is 6.07 Å². The lowest BCUT2D eigenvalue weighted by Crippen LogP contribution is -2.63. The number of carbonyl (C=O) groups excluding carboxylic acids is 1. The second-order valence-corrected chi connectivity index (χ2v) is 8.38. The summed E-state index contributed by atoms with van der Waals surface area (Å²) in [6.07, 6.45) is 1.93. The first kappa shape index (κ1) is 20.5. The van der Waals surface area contributed by atoms with Crippen molar-refractivity contribution in [3.8, 4) is 5.88 Å². The van der Waals surface area contributed by atoms with E-state index in [0.29, 0.717) is 19.0 Å². The lowest BCUT2D eigenvalue weighted by Gasteiger charge is -2.50. The minimum atomic E-state index is -0.167. The van der Waals surface area contributed by atoms with Gasteiger partial charge in [-0.05, 0) is 26.0 Å². The van der Waals surface area contributed by atoms with Gasteiger partial charge in [-0.25, -0.2) is 4.98 Å². The van der Waals surface area contributed by atoms with E-state index in [0.717, 1.165) is 57.8 Å². The van der Waals surface area contributed by atoms with Crippen molar-refractivity contribution in [2.24, 2.45) is 0 Å². The number of hydrogen-bond donors (Lipinski definition) is 0. The minimum absolute atomic E-state index is 0.0165. The quantitative estimate of drug-likeness (QED) is 0.685. The van der Waals surface area contributed by atoms with Crippen molar-refractivity contribution in [1.82, 2.24) is 24.6 Å². The molecular formula is C21H33N5O3. The number of carbonyl (C=O) groups is 1. The maximum Gasteiger partial charge on any atom is 0.242 e. The van der Waals surface area contributed by atoms with E-state index in [-0.39, 0.29) is 17.6 Å². The first-order chi connectivity index (χ1) is 14.1. The molecule has 3 aliphatic heterocycles. The Morgan fingerprint density at radius 2 is 1.97 bits per heavy atom. The van der Waals surface area contributed by atoms with Crippen molar-refractivity contribution in [3.05, 3.63) is 23.9 Å². The third-order valence-electron chi connectivity index (χ3n) is 6.72. The molecule has 1 aromatic rings. The summed E-state index contributed by atoms with van der Waals surface area (Å²) in [6, 6.07) is 5.90. The number of likely N-dealkylation sites (tertiary alicyclic amines) is 1. The Bertz CT molecular complexity index is 722. The molecular weight excluding hydrogens is 370 g/mol. The average Bonchev–Trinajstić information content (AvgIpc) is 2.95. The Labute approximate surface area is 173 Å². The number of pyridine rings is 1. The molecule has 1 spiro atoms. The zero-order valence-electron chi connectivity index (χ0n) is 17.8. The largest absolute Gasteiger partial charge is 0.481 e. The number of methoxy groups -OCH3 is 2. The van der Waals surface area contributed by atoms with Gasteiger partial charge < -0.3 is 19.3 Å². The van der Waals surface area contributed by atoms with Crippen LogP contribution in [0.2, 0.25) is 0 Å². The topological polar surface area (TPSA) is 61.4 Å². The van der Waals surface area contributed by atoms with Crippen LogP contribution < -0.4 is 4.74 Å². The number of aromatic nitrogens is 1. The van der Waals surface area contributed by atoms with E-state index in [2.05, 4.69) is 31.6 Å². The van der Waals surface area contributed by atoms with Crippen LogP contribution >= 0.6 is 0 Å². The predicted molar refractivity (Wildman–Crippen MR) is 110 cm³/mol. The summed E-state index contributed by atoms with van der Waals surface area (Å²) in [5.74, 6) is 0.930. The van der Waals surface area contributed by atoms with Crippen molar-refractivity contribution in [3.63, 3.8) is 0 Å². The summed E-state index contributed by atoms with van der Waals surface area (Å²) in [5.41, 5.74) is 0.858. The van der Waals surface area contributed by atoms with Crippen LogP contribution in [0.15, 0.2) is 18.2 Å². The summed E-state index contributed by atoms with van der Waals surface area (Å²) in [7, 11) is 5.46. The van der Waals surface area contributed by atoms with E-state index in [4.69, 9.17) is 9.47 Å². The molecule has 1 aromatic heterocycles. The number of piperidine rings is 1. The number of amides is 1. The fraction of sp³-hybridized carbons (Fsp3) is 0.714. The summed E-state index contributed by atoms with van der Waals surface area (Å²) in [5, 5.41) is 0. The molecule has 4 heterocycles. The Kier molecular flexibility index (Phi) is 6.06. The van der Waals surface area contributed by atoms with Gasteiger partial charge in [0.05, 0.1) is 25.1 Å². The highest BCUT2D eigenvalue weighted by atomic mass is 16.5. The third-order valence-corrected chi connectivity index (χ3v) is 6.72. The highest BCUT2D eigenvalue weighted by Crippen LogP contribution is 2.41. The number of ether oxygens (including phenoxy) is 2. The molecule has 0 unspecified atom stereocenters. The molecule has 1 amide bonds. The summed E-state index contributed by atoms with van der Waals surface area (Å²) in [4.78, 5) is 27.2. The molecule has 0 aliphatic carbocycles. The van der Waals surface area contributed by atoms with Gasteiger partial charge in [0.1, 0.15) is 6.04 Å². The van der Waals surface area contributed by atoms with E-state index in [1.807, 2.05) is 18.2 Å². The van der Waals surface area contributed by atoms with Gasteiger partial charge in [-0.3, -0.25) is 14.6 Å². The monoisotopic (exact) mass is 403 g/mol. The number of piperazine rings is 1. The highest BCUT2D eigenvalue weighted by Gasteiger charge is 2.57. The van der Waals surface area contributed by atoms with E-state index < -0.39 is 0 Å². The van der Waals surface area contributed by atoms with Crippen molar-refractivity contribution < 1.29 is 14.3 Å². The molecule has 3 aliphatic rings. The summed E-state index contributed by atoms with van der Waals surface area (Å²) in [6.45, 7) is 6.76. The Balaban J connectivity index is 1.48. The Hall–Kier alpha value is -1.74. The number of nitrogens with zero attached hydrogens (tertiary/aromatic N) is 5. The van der Waals surface area contributed by atoms with E-state index in [9.17, 15) is 4.79 Å². The van der Waals surface area contributed by atoms with Crippen LogP contribution in [0.1, 0.15) is 18.5 Å².